The van der Waals surface area contributed by atoms with Gasteiger partial charge in [0.25, 0.3) is 0 Å². The van der Waals surface area contributed by atoms with E-state index in [2.05, 4.69) is 45.1 Å². The third kappa shape index (κ3) is 4.58. The van der Waals surface area contributed by atoms with Crippen molar-refractivity contribution in [2.24, 2.45) is 11.8 Å². The van der Waals surface area contributed by atoms with Crippen LogP contribution in [0.2, 0.25) is 0 Å². The molecule has 1 heterocycles. The molecule has 3 heteroatoms. The predicted octanol–water partition coefficient (Wildman–Crippen LogP) is 4.35. The SMILES string of the molecule is CC(C)CNCc1c(COCC(C)C)oc2ccccc12. The van der Waals surface area contributed by atoms with Gasteiger partial charge in [-0.1, -0.05) is 45.9 Å². The normalized spacial score (nSPS) is 11.9. The predicted molar refractivity (Wildman–Crippen MR) is 87.3 cm³/mol. The van der Waals surface area contributed by atoms with E-state index in [4.69, 9.17) is 9.15 Å². The summed E-state index contributed by atoms with van der Waals surface area (Å²) in [5.41, 5.74) is 2.18. The minimum atomic E-state index is 0.539. The molecule has 116 valence electrons. The molecule has 0 spiro atoms. The summed E-state index contributed by atoms with van der Waals surface area (Å²) >= 11 is 0. The molecule has 1 aromatic carbocycles. The van der Waals surface area contributed by atoms with Crippen LogP contribution in [0.1, 0.15) is 39.0 Å². The standard InChI is InChI=1S/C18H27NO2/c1-13(2)9-19-10-16-15-7-5-6-8-17(15)21-18(16)12-20-11-14(3)4/h5-8,13-14,19H,9-12H2,1-4H3. The van der Waals surface area contributed by atoms with E-state index in [-0.39, 0.29) is 0 Å². The Kier molecular flexibility index (Phi) is 5.83. The Morgan fingerprint density at radius 2 is 1.86 bits per heavy atom. The van der Waals surface area contributed by atoms with Crippen molar-refractivity contribution in [1.29, 1.82) is 0 Å². The van der Waals surface area contributed by atoms with Gasteiger partial charge in [-0.25, -0.2) is 0 Å². The molecular formula is C18H27NO2. The molecule has 1 aromatic heterocycles. The molecule has 0 aliphatic carbocycles. The van der Waals surface area contributed by atoms with Crippen molar-refractivity contribution in [2.75, 3.05) is 13.2 Å². The summed E-state index contributed by atoms with van der Waals surface area (Å²) in [5, 5.41) is 4.69. The maximum atomic E-state index is 5.97. The van der Waals surface area contributed by atoms with E-state index in [9.17, 15) is 0 Å². The largest absolute Gasteiger partial charge is 0.458 e. The Labute approximate surface area is 127 Å². The average molecular weight is 289 g/mol. The summed E-state index contributed by atoms with van der Waals surface area (Å²) in [7, 11) is 0. The first-order chi connectivity index (χ1) is 10.1. The van der Waals surface area contributed by atoms with Gasteiger partial charge >= 0.3 is 0 Å². The molecule has 0 bridgehead atoms. The summed E-state index contributed by atoms with van der Waals surface area (Å²) < 4.78 is 11.7. The molecule has 0 atom stereocenters. The van der Waals surface area contributed by atoms with Crippen molar-refractivity contribution >= 4 is 11.0 Å². The third-order valence-corrected chi connectivity index (χ3v) is 3.32. The molecule has 0 saturated carbocycles. The molecule has 1 N–H and O–H groups in total. The molecule has 0 aliphatic heterocycles. The number of fused-ring (bicyclic) bond motifs is 1. The lowest BCUT2D eigenvalue weighted by molar-refractivity contribution is 0.0848. The van der Waals surface area contributed by atoms with E-state index in [1.807, 2.05) is 12.1 Å². The maximum absolute atomic E-state index is 5.97. The maximum Gasteiger partial charge on any atom is 0.135 e. The first kappa shape index (κ1) is 16.1. The van der Waals surface area contributed by atoms with Crippen LogP contribution in [0.4, 0.5) is 0 Å². The van der Waals surface area contributed by atoms with Crippen molar-refractivity contribution in [1.82, 2.24) is 5.32 Å². The van der Waals surface area contributed by atoms with Crippen LogP contribution in [-0.2, 0) is 17.9 Å². The average Bonchev–Trinajstić information content (AvgIpc) is 2.76. The molecule has 2 rings (SSSR count). The summed E-state index contributed by atoms with van der Waals surface area (Å²) in [5.74, 6) is 2.13. The van der Waals surface area contributed by atoms with E-state index in [1.54, 1.807) is 0 Å². The molecule has 0 amide bonds. The number of benzene rings is 1. The van der Waals surface area contributed by atoms with Crippen LogP contribution in [0.15, 0.2) is 28.7 Å². The fourth-order valence-electron chi connectivity index (χ4n) is 2.33. The topological polar surface area (TPSA) is 34.4 Å². The fourth-order valence-corrected chi connectivity index (χ4v) is 2.33. The van der Waals surface area contributed by atoms with Crippen molar-refractivity contribution in [3.8, 4) is 0 Å². The van der Waals surface area contributed by atoms with Gasteiger partial charge < -0.3 is 14.5 Å². The monoisotopic (exact) mass is 289 g/mol. The number of furan rings is 1. The molecule has 0 saturated heterocycles. The molecule has 0 aliphatic rings. The van der Waals surface area contributed by atoms with Gasteiger partial charge in [0.2, 0.25) is 0 Å². The second-order valence-corrected chi connectivity index (χ2v) is 6.43. The quantitative estimate of drug-likeness (QED) is 0.784. The third-order valence-electron chi connectivity index (χ3n) is 3.32. The summed E-state index contributed by atoms with van der Waals surface area (Å²) in [6.45, 7) is 11.9. The van der Waals surface area contributed by atoms with E-state index in [1.165, 1.54) is 10.9 Å². The highest BCUT2D eigenvalue weighted by Gasteiger charge is 2.14. The highest BCUT2D eigenvalue weighted by atomic mass is 16.5. The Balaban J connectivity index is 2.13. The van der Waals surface area contributed by atoms with Crippen LogP contribution in [-0.4, -0.2) is 13.2 Å². The van der Waals surface area contributed by atoms with Crippen LogP contribution < -0.4 is 5.32 Å². The highest BCUT2D eigenvalue weighted by Crippen LogP contribution is 2.26. The molecule has 0 unspecified atom stereocenters. The zero-order valence-electron chi connectivity index (χ0n) is 13.6. The van der Waals surface area contributed by atoms with Gasteiger partial charge in [0.1, 0.15) is 18.0 Å². The van der Waals surface area contributed by atoms with Gasteiger partial charge in [0.15, 0.2) is 0 Å². The Morgan fingerprint density at radius 1 is 1.10 bits per heavy atom. The van der Waals surface area contributed by atoms with Crippen molar-refractivity contribution in [2.45, 2.75) is 40.8 Å². The lowest BCUT2D eigenvalue weighted by Gasteiger charge is -2.09. The first-order valence-corrected chi connectivity index (χ1v) is 7.85. The number of hydrogen-bond acceptors (Lipinski definition) is 3. The Morgan fingerprint density at radius 3 is 2.57 bits per heavy atom. The summed E-state index contributed by atoms with van der Waals surface area (Å²) in [6.07, 6.45) is 0. The Bertz CT molecular complexity index is 557. The molecule has 2 aromatic rings. The minimum Gasteiger partial charge on any atom is -0.458 e. The van der Waals surface area contributed by atoms with Gasteiger partial charge in [0, 0.05) is 24.1 Å². The summed E-state index contributed by atoms with van der Waals surface area (Å²) in [4.78, 5) is 0. The van der Waals surface area contributed by atoms with E-state index in [0.29, 0.717) is 18.4 Å². The Hall–Kier alpha value is -1.32. The van der Waals surface area contributed by atoms with E-state index < -0.39 is 0 Å². The number of nitrogens with one attached hydrogen (secondary N) is 1. The number of ether oxygens (including phenoxy) is 1. The number of hydrogen-bond donors (Lipinski definition) is 1. The van der Waals surface area contributed by atoms with Crippen molar-refractivity contribution in [3.63, 3.8) is 0 Å². The van der Waals surface area contributed by atoms with Gasteiger partial charge in [-0.3, -0.25) is 0 Å². The summed E-state index contributed by atoms with van der Waals surface area (Å²) in [6, 6.07) is 8.21. The fraction of sp³-hybridized carbons (Fsp3) is 0.556. The first-order valence-electron chi connectivity index (χ1n) is 7.85. The molecule has 21 heavy (non-hydrogen) atoms. The molecule has 0 fully saturated rings. The second-order valence-electron chi connectivity index (χ2n) is 6.43. The number of para-hydroxylation sites is 1. The van der Waals surface area contributed by atoms with E-state index in [0.717, 1.165) is 31.0 Å². The van der Waals surface area contributed by atoms with Crippen LogP contribution in [0.3, 0.4) is 0 Å². The van der Waals surface area contributed by atoms with Gasteiger partial charge in [-0.15, -0.1) is 0 Å². The van der Waals surface area contributed by atoms with Crippen molar-refractivity contribution in [3.05, 3.63) is 35.6 Å². The van der Waals surface area contributed by atoms with E-state index >= 15 is 0 Å². The molecule has 3 nitrogen and oxygen atoms in total. The van der Waals surface area contributed by atoms with Crippen molar-refractivity contribution < 1.29 is 9.15 Å². The molecular weight excluding hydrogens is 262 g/mol. The van der Waals surface area contributed by atoms with Gasteiger partial charge in [0.05, 0.1) is 0 Å². The zero-order valence-corrected chi connectivity index (χ0v) is 13.6. The van der Waals surface area contributed by atoms with Gasteiger partial charge in [-0.2, -0.15) is 0 Å². The number of rotatable bonds is 8. The second kappa shape index (κ2) is 7.62. The zero-order chi connectivity index (χ0) is 15.2. The minimum absolute atomic E-state index is 0.539. The van der Waals surface area contributed by atoms with Crippen LogP contribution >= 0.6 is 0 Å². The smallest absolute Gasteiger partial charge is 0.135 e. The lowest BCUT2D eigenvalue weighted by atomic mass is 10.1. The van der Waals surface area contributed by atoms with Gasteiger partial charge in [-0.05, 0) is 24.4 Å². The van der Waals surface area contributed by atoms with Crippen LogP contribution in [0.5, 0.6) is 0 Å². The van der Waals surface area contributed by atoms with Crippen LogP contribution in [0, 0.1) is 11.8 Å². The highest BCUT2D eigenvalue weighted by molar-refractivity contribution is 5.82. The molecule has 0 radical (unpaired) electrons. The van der Waals surface area contributed by atoms with Crippen LogP contribution in [0.25, 0.3) is 11.0 Å². The lowest BCUT2D eigenvalue weighted by Crippen LogP contribution is -2.19.